The molecule has 4 aliphatic carbocycles. The molecule has 3 heteroatoms. The van der Waals surface area contributed by atoms with E-state index in [1.165, 1.54) is 44.2 Å². The van der Waals surface area contributed by atoms with Crippen LogP contribution in [0, 0.1) is 34.5 Å². The molecule has 0 aliphatic heterocycles. The quantitative estimate of drug-likeness (QED) is 0.529. The molecule has 0 aromatic heterocycles. The van der Waals surface area contributed by atoms with Crippen molar-refractivity contribution < 1.29 is 5.11 Å². The van der Waals surface area contributed by atoms with Crippen LogP contribution in [0.5, 0.6) is 0 Å². The van der Waals surface area contributed by atoms with Gasteiger partial charge in [0.05, 0.1) is 6.10 Å². The molecule has 4 saturated carbocycles. The van der Waals surface area contributed by atoms with Crippen molar-refractivity contribution >= 4 is 5.71 Å². The molecule has 124 valence electrons. The van der Waals surface area contributed by atoms with E-state index in [4.69, 9.17) is 5.84 Å². The fourth-order valence-electron chi connectivity index (χ4n) is 7.15. The maximum atomic E-state index is 10.5. The van der Waals surface area contributed by atoms with Crippen molar-refractivity contribution in [2.24, 2.45) is 45.4 Å². The second-order valence-corrected chi connectivity index (χ2v) is 9.19. The molecule has 0 spiro atoms. The van der Waals surface area contributed by atoms with Gasteiger partial charge in [-0.05, 0) is 92.3 Å². The average Bonchev–Trinajstić information content (AvgIpc) is 2.82. The monoisotopic (exact) mass is 304 g/mol. The lowest BCUT2D eigenvalue weighted by Gasteiger charge is -2.60. The van der Waals surface area contributed by atoms with Crippen molar-refractivity contribution in [1.29, 1.82) is 0 Å². The van der Waals surface area contributed by atoms with Crippen LogP contribution in [0.25, 0.3) is 0 Å². The van der Waals surface area contributed by atoms with Crippen LogP contribution in [-0.4, -0.2) is 16.9 Å². The van der Waals surface area contributed by atoms with Gasteiger partial charge in [0.15, 0.2) is 0 Å². The first kappa shape index (κ1) is 15.0. The zero-order valence-electron chi connectivity index (χ0n) is 14.2. The van der Waals surface area contributed by atoms with Crippen molar-refractivity contribution in [2.45, 2.75) is 77.7 Å². The van der Waals surface area contributed by atoms with Crippen molar-refractivity contribution in [2.75, 3.05) is 0 Å². The predicted molar refractivity (Wildman–Crippen MR) is 89.4 cm³/mol. The summed E-state index contributed by atoms with van der Waals surface area (Å²) in [4.78, 5) is 0. The summed E-state index contributed by atoms with van der Waals surface area (Å²) >= 11 is 0. The van der Waals surface area contributed by atoms with Gasteiger partial charge < -0.3 is 10.9 Å². The molecule has 7 atom stereocenters. The Hall–Kier alpha value is -0.570. The first-order valence-corrected chi connectivity index (χ1v) is 9.43. The maximum absolute atomic E-state index is 10.5. The van der Waals surface area contributed by atoms with Gasteiger partial charge in [-0.25, -0.2) is 0 Å². The Bertz CT molecular complexity index is 490. The minimum atomic E-state index is -0.0497. The molecule has 22 heavy (non-hydrogen) atoms. The second kappa shape index (κ2) is 4.96. The average molecular weight is 304 g/mol. The summed E-state index contributed by atoms with van der Waals surface area (Å²) in [5, 5.41) is 14.5. The van der Waals surface area contributed by atoms with Crippen LogP contribution in [0.1, 0.15) is 71.6 Å². The van der Waals surface area contributed by atoms with E-state index in [0.29, 0.717) is 5.41 Å². The van der Waals surface area contributed by atoms with Gasteiger partial charge >= 0.3 is 0 Å². The largest absolute Gasteiger partial charge is 0.393 e. The van der Waals surface area contributed by atoms with Crippen LogP contribution in [0.3, 0.4) is 0 Å². The van der Waals surface area contributed by atoms with Crippen LogP contribution in [0.4, 0.5) is 0 Å². The molecule has 0 aromatic carbocycles. The van der Waals surface area contributed by atoms with Gasteiger partial charge in [0, 0.05) is 5.71 Å². The number of fused-ring (bicyclic) bond motifs is 5. The molecular formula is C19H32N2O. The van der Waals surface area contributed by atoms with E-state index in [1.54, 1.807) is 0 Å². The summed E-state index contributed by atoms with van der Waals surface area (Å²) in [5.74, 6) is 8.85. The summed E-state index contributed by atoms with van der Waals surface area (Å²) in [5.41, 5.74) is 1.95. The Morgan fingerprint density at radius 1 is 1.00 bits per heavy atom. The van der Waals surface area contributed by atoms with Crippen LogP contribution in [-0.2, 0) is 0 Å². The summed E-state index contributed by atoms with van der Waals surface area (Å²) in [6.07, 6.45) is 11.1. The topological polar surface area (TPSA) is 58.6 Å². The van der Waals surface area contributed by atoms with E-state index >= 15 is 0 Å². The number of nitrogens with zero attached hydrogens (tertiary/aromatic N) is 1. The molecule has 0 heterocycles. The van der Waals surface area contributed by atoms with E-state index in [9.17, 15) is 5.11 Å². The molecule has 4 rings (SSSR count). The van der Waals surface area contributed by atoms with Gasteiger partial charge in [-0.1, -0.05) is 13.8 Å². The molecule has 0 saturated heterocycles. The number of hydrazone groups is 1. The molecule has 0 unspecified atom stereocenters. The van der Waals surface area contributed by atoms with Gasteiger partial charge in [-0.2, -0.15) is 5.10 Å². The lowest BCUT2D eigenvalue weighted by atomic mass is 9.45. The van der Waals surface area contributed by atoms with E-state index < -0.39 is 0 Å². The SMILES string of the molecule is C[C@]12CC/C(=N/N)C[C@@H]1CC[C@H]1[C@H]2CC[C@]2(C)[C@H](O)CC[C@@H]12. The Balaban J connectivity index is 1.62. The molecule has 0 aromatic rings. The van der Waals surface area contributed by atoms with Gasteiger partial charge in [-0.15, -0.1) is 0 Å². The number of aliphatic hydroxyl groups excluding tert-OH is 1. The first-order valence-electron chi connectivity index (χ1n) is 9.43. The number of aliphatic hydroxyl groups is 1. The Labute approximate surface area is 134 Å². The van der Waals surface area contributed by atoms with E-state index in [0.717, 1.165) is 42.9 Å². The van der Waals surface area contributed by atoms with Crippen molar-refractivity contribution in [3.05, 3.63) is 0 Å². The van der Waals surface area contributed by atoms with E-state index in [-0.39, 0.29) is 11.5 Å². The van der Waals surface area contributed by atoms with Gasteiger partial charge in [0.1, 0.15) is 0 Å². The lowest BCUT2D eigenvalue weighted by Crippen LogP contribution is -2.54. The Morgan fingerprint density at radius 3 is 2.55 bits per heavy atom. The Morgan fingerprint density at radius 2 is 1.77 bits per heavy atom. The summed E-state index contributed by atoms with van der Waals surface area (Å²) < 4.78 is 0. The third-order valence-electron chi connectivity index (χ3n) is 8.63. The first-order chi connectivity index (χ1) is 10.5. The molecule has 4 aliphatic rings. The highest BCUT2D eigenvalue weighted by molar-refractivity contribution is 5.85. The molecule has 0 bridgehead atoms. The van der Waals surface area contributed by atoms with Gasteiger partial charge in [-0.3, -0.25) is 0 Å². The van der Waals surface area contributed by atoms with Crippen molar-refractivity contribution in [3.8, 4) is 0 Å². The van der Waals surface area contributed by atoms with Crippen LogP contribution in [0.15, 0.2) is 5.10 Å². The lowest BCUT2D eigenvalue weighted by molar-refractivity contribution is -0.112. The molecule has 4 fully saturated rings. The normalized spacial score (nSPS) is 56.3. The molecular weight excluding hydrogens is 272 g/mol. The Kier molecular flexibility index (Phi) is 3.38. The summed E-state index contributed by atoms with van der Waals surface area (Å²) in [6, 6.07) is 0. The zero-order chi connectivity index (χ0) is 15.5. The summed E-state index contributed by atoms with van der Waals surface area (Å²) in [6.45, 7) is 4.94. The summed E-state index contributed by atoms with van der Waals surface area (Å²) in [7, 11) is 0. The third-order valence-corrected chi connectivity index (χ3v) is 8.63. The number of rotatable bonds is 0. The molecule has 3 N–H and O–H groups in total. The van der Waals surface area contributed by atoms with Crippen LogP contribution >= 0.6 is 0 Å². The predicted octanol–water partition coefficient (Wildman–Crippen LogP) is 3.70. The van der Waals surface area contributed by atoms with Crippen molar-refractivity contribution in [3.63, 3.8) is 0 Å². The molecule has 0 amide bonds. The van der Waals surface area contributed by atoms with Crippen LogP contribution in [0.2, 0.25) is 0 Å². The molecule has 0 radical (unpaired) electrons. The minimum Gasteiger partial charge on any atom is -0.393 e. The standard InChI is InChI=1S/C19H32N2O/c1-18-9-7-13(21-20)11-12(18)3-4-14-15-5-6-17(22)19(15,2)10-8-16(14)18/h12,14-17,22H,3-11,20H2,1-2H3/b21-13-/t12-,14+,15-,16+,17+,18-,19-/m0/s1. The number of hydrogen-bond acceptors (Lipinski definition) is 3. The van der Waals surface area contributed by atoms with Gasteiger partial charge in [0.2, 0.25) is 0 Å². The molecule has 3 nitrogen and oxygen atoms in total. The number of nitrogens with two attached hydrogens (primary N) is 1. The maximum Gasteiger partial charge on any atom is 0.0596 e. The highest BCUT2D eigenvalue weighted by atomic mass is 16.3. The fourth-order valence-corrected chi connectivity index (χ4v) is 7.15. The van der Waals surface area contributed by atoms with Gasteiger partial charge in [0.25, 0.3) is 0 Å². The number of hydrogen-bond donors (Lipinski definition) is 2. The van der Waals surface area contributed by atoms with Crippen LogP contribution < -0.4 is 5.84 Å². The van der Waals surface area contributed by atoms with E-state index in [2.05, 4.69) is 18.9 Å². The second-order valence-electron chi connectivity index (χ2n) is 9.19. The third kappa shape index (κ3) is 1.87. The highest BCUT2D eigenvalue weighted by Crippen LogP contribution is 2.65. The minimum absolute atomic E-state index is 0.0497. The van der Waals surface area contributed by atoms with E-state index in [1.807, 2.05) is 0 Å². The fraction of sp³-hybridized carbons (Fsp3) is 0.947. The highest BCUT2D eigenvalue weighted by Gasteiger charge is 2.59. The zero-order valence-corrected chi connectivity index (χ0v) is 14.2. The smallest absolute Gasteiger partial charge is 0.0596 e. The van der Waals surface area contributed by atoms with Crippen molar-refractivity contribution in [1.82, 2.24) is 0 Å².